The molecule has 4 nitrogen and oxygen atoms in total. The van der Waals surface area contributed by atoms with Crippen LogP contribution in [0, 0.1) is 5.41 Å². The summed E-state index contributed by atoms with van der Waals surface area (Å²) in [6.07, 6.45) is 5.73. The van der Waals surface area contributed by atoms with Crippen molar-refractivity contribution in [3.63, 3.8) is 0 Å². The minimum atomic E-state index is 0.0720. The highest BCUT2D eigenvalue weighted by molar-refractivity contribution is 5.99. The van der Waals surface area contributed by atoms with E-state index in [1.807, 2.05) is 32.2 Å². The van der Waals surface area contributed by atoms with Crippen molar-refractivity contribution in [2.24, 2.45) is 5.41 Å². The molecule has 0 bridgehead atoms. The van der Waals surface area contributed by atoms with Crippen LogP contribution in [-0.4, -0.2) is 35.9 Å². The van der Waals surface area contributed by atoms with Crippen LogP contribution in [0.4, 0.5) is 0 Å². The van der Waals surface area contributed by atoms with Gasteiger partial charge in [-0.3, -0.25) is 4.79 Å². The quantitative estimate of drug-likeness (QED) is 0.830. The first kappa shape index (κ1) is 17.9. The molecular formula is C23H29N3O. The molecule has 142 valence electrons. The summed E-state index contributed by atoms with van der Waals surface area (Å²) in [5, 5.41) is 4.69. The number of nitrogens with one attached hydrogen (secondary N) is 2. The Balaban J connectivity index is 1.69. The second-order valence-corrected chi connectivity index (χ2v) is 8.60. The van der Waals surface area contributed by atoms with Gasteiger partial charge < -0.3 is 15.2 Å². The van der Waals surface area contributed by atoms with E-state index in [4.69, 9.17) is 0 Å². The number of allylic oxidation sites excluding steroid dienone is 3. The molecule has 1 aromatic carbocycles. The fourth-order valence-corrected chi connectivity index (χ4v) is 4.20. The number of rotatable bonds is 3. The maximum absolute atomic E-state index is 12.5. The summed E-state index contributed by atoms with van der Waals surface area (Å²) in [6, 6.07) is 8.14. The smallest absolute Gasteiger partial charge is 0.253 e. The molecular weight excluding hydrogens is 334 g/mol. The van der Waals surface area contributed by atoms with Crippen LogP contribution >= 0.6 is 0 Å². The van der Waals surface area contributed by atoms with E-state index in [0.29, 0.717) is 12.0 Å². The predicted molar refractivity (Wildman–Crippen MR) is 112 cm³/mol. The Morgan fingerprint density at radius 3 is 2.85 bits per heavy atom. The molecule has 1 aliphatic carbocycles. The number of aromatic nitrogens is 1. The molecule has 2 N–H and O–H groups in total. The van der Waals surface area contributed by atoms with Gasteiger partial charge in [0.05, 0.1) is 0 Å². The summed E-state index contributed by atoms with van der Waals surface area (Å²) < 4.78 is 0. The number of aromatic amines is 1. The number of dihydropyridines is 1. The lowest BCUT2D eigenvalue weighted by Gasteiger charge is -2.36. The highest BCUT2D eigenvalue weighted by Crippen LogP contribution is 2.43. The Morgan fingerprint density at radius 2 is 2.07 bits per heavy atom. The fourth-order valence-electron chi connectivity index (χ4n) is 4.20. The monoisotopic (exact) mass is 363 g/mol. The second kappa shape index (κ2) is 6.59. The molecule has 1 amide bonds. The minimum Gasteiger partial charge on any atom is -0.385 e. The van der Waals surface area contributed by atoms with Crippen LogP contribution in [0.5, 0.6) is 0 Å². The van der Waals surface area contributed by atoms with Gasteiger partial charge in [-0.05, 0) is 61.4 Å². The van der Waals surface area contributed by atoms with Crippen LogP contribution in [0.15, 0.2) is 41.6 Å². The summed E-state index contributed by atoms with van der Waals surface area (Å²) in [5.41, 5.74) is 7.54. The normalized spacial score (nSPS) is 18.7. The zero-order chi connectivity index (χ0) is 19.2. The lowest BCUT2D eigenvalue weighted by molar-refractivity contribution is 0.0802. The molecule has 2 aliphatic rings. The minimum absolute atomic E-state index is 0.0720. The standard InChI is InChI=1S/C23H29N3O/c1-5-26(4)22(27)15-6-7-19-16(12-15)13-20(25-19)18-9-11-24-21-14-23(2,3)10-8-17(18)21/h6-7,9,12-13,24-25H,5,8,10-11,14H2,1-4H3. The molecule has 4 rings (SSSR count). The van der Waals surface area contributed by atoms with Crippen molar-refractivity contribution in [1.82, 2.24) is 15.2 Å². The summed E-state index contributed by atoms with van der Waals surface area (Å²) >= 11 is 0. The number of benzene rings is 1. The molecule has 4 heteroatoms. The fraction of sp³-hybridized carbons (Fsp3) is 0.435. The van der Waals surface area contributed by atoms with Gasteiger partial charge in [-0.2, -0.15) is 0 Å². The average Bonchev–Trinajstić information content (AvgIpc) is 3.08. The molecule has 1 aliphatic heterocycles. The molecule has 0 radical (unpaired) electrons. The third kappa shape index (κ3) is 3.29. The summed E-state index contributed by atoms with van der Waals surface area (Å²) in [7, 11) is 1.84. The van der Waals surface area contributed by atoms with E-state index in [2.05, 4.69) is 36.3 Å². The van der Waals surface area contributed by atoms with Crippen molar-refractivity contribution >= 4 is 22.4 Å². The number of nitrogens with zero attached hydrogens (tertiary/aromatic N) is 1. The van der Waals surface area contributed by atoms with Gasteiger partial charge in [-0.15, -0.1) is 0 Å². The topological polar surface area (TPSA) is 48.1 Å². The number of H-pyrrole nitrogens is 1. The number of carbonyl (C=O) groups is 1. The molecule has 0 saturated heterocycles. The summed E-state index contributed by atoms with van der Waals surface area (Å²) in [6.45, 7) is 8.29. The molecule has 0 fully saturated rings. The van der Waals surface area contributed by atoms with E-state index in [9.17, 15) is 4.79 Å². The molecule has 0 saturated carbocycles. The number of fused-ring (bicyclic) bond motifs is 1. The second-order valence-electron chi connectivity index (χ2n) is 8.60. The van der Waals surface area contributed by atoms with E-state index in [1.54, 1.807) is 4.90 Å². The van der Waals surface area contributed by atoms with E-state index >= 15 is 0 Å². The average molecular weight is 364 g/mol. The first-order valence-corrected chi connectivity index (χ1v) is 9.93. The summed E-state index contributed by atoms with van der Waals surface area (Å²) in [4.78, 5) is 17.8. The third-order valence-electron chi connectivity index (χ3n) is 6.00. The zero-order valence-corrected chi connectivity index (χ0v) is 16.8. The Kier molecular flexibility index (Phi) is 4.37. The Morgan fingerprint density at radius 1 is 1.26 bits per heavy atom. The number of hydrogen-bond acceptors (Lipinski definition) is 2. The number of hydrogen-bond donors (Lipinski definition) is 2. The van der Waals surface area contributed by atoms with E-state index in [0.717, 1.165) is 41.5 Å². The maximum Gasteiger partial charge on any atom is 0.253 e. The van der Waals surface area contributed by atoms with Crippen LogP contribution in [0.3, 0.4) is 0 Å². The molecule has 0 spiro atoms. The van der Waals surface area contributed by atoms with E-state index in [-0.39, 0.29) is 5.91 Å². The SMILES string of the molecule is CCN(C)C(=O)c1ccc2[nH]c(C3=CCNC4=C3CCC(C)(C)C4)cc2c1. The van der Waals surface area contributed by atoms with Gasteiger partial charge in [-0.25, -0.2) is 0 Å². The van der Waals surface area contributed by atoms with E-state index in [1.165, 1.54) is 23.3 Å². The predicted octanol–water partition coefficient (Wildman–Crippen LogP) is 4.71. The molecule has 0 atom stereocenters. The first-order valence-electron chi connectivity index (χ1n) is 9.93. The van der Waals surface area contributed by atoms with Crippen molar-refractivity contribution in [3.8, 4) is 0 Å². The van der Waals surface area contributed by atoms with Crippen LogP contribution in [0.2, 0.25) is 0 Å². The van der Waals surface area contributed by atoms with Gasteiger partial charge in [0.25, 0.3) is 5.91 Å². The Labute approximate surface area is 161 Å². The highest BCUT2D eigenvalue weighted by atomic mass is 16.2. The lowest BCUT2D eigenvalue weighted by Crippen LogP contribution is -2.29. The van der Waals surface area contributed by atoms with Crippen molar-refractivity contribution in [2.45, 2.75) is 40.0 Å². The van der Waals surface area contributed by atoms with Crippen LogP contribution in [0.25, 0.3) is 16.5 Å². The Hall–Kier alpha value is -2.49. The Bertz CT molecular complexity index is 961. The number of carbonyl (C=O) groups excluding carboxylic acids is 1. The molecule has 27 heavy (non-hydrogen) atoms. The molecule has 1 aromatic heterocycles. The molecule has 2 heterocycles. The van der Waals surface area contributed by atoms with Gasteiger partial charge in [0.1, 0.15) is 0 Å². The van der Waals surface area contributed by atoms with Gasteiger partial charge in [0, 0.05) is 53.6 Å². The summed E-state index contributed by atoms with van der Waals surface area (Å²) in [5.74, 6) is 0.0720. The lowest BCUT2D eigenvalue weighted by atomic mass is 9.74. The van der Waals surface area contributed by atoms with Gasteiger partial charge in [0.15, 0.2) is 0 Å². The van der Waals surface area contributed by atoms with Gasteiger partial charge in [0.2, 0.25) is 0 Å². The van der Waals surface area contributed by atoms with Crippen molar-refractivity contribution in [1.29, 1.82) is 0 Å². The zero-order valence-electron chi connectivity index (χ0n) is 16.8. The molecule has 2 aromatic rings. The van der Waals surface area contributed by atoms with Gasteiger partial charge in [-0.1, -0.05) is 19.9 Å². The van der Waals surface area contributed by atoms with Crippen LogP contribution in [0.1, 0.15) is 56.1 Å². The van der Waals surface area contributed by atoms with E-state index < -0.39 is 0 Å². The van der Waals surface area contributed by atoms with Crippen molar-refractivity contribution < 1.29 is 4.79 Å². The van der Waals surface area contributed by atoms with Crippen LogP contribution in [-0.2, 0) is 0 Å². The highest BCUT2D eigenvalue weighted by Gasteiger charge is 2.30. The van der Waals surface area contributed by atoms with Crippen molar-refractivity contribution in [3.05, 3.63) is 52.9 Å². The van der Waals surface area contributed by atoms with Gasteiger partial charge >= 0.3 is 0 Å². The third-order valence-corrected chi connectivity index (χ3v) is 6.00. The van der Waals surface area contributed by atoms with Crippen molar-refractivity contribution in [2.75, 3.05) is 20.1 Å². The van der Waals surface area contributed by atoms with Crippen LogP contribution < -0.4 is 5.32 Å². The first-order chi connectivity index (χ1) is 12.9. The molecule has 0 unspecified atom stereocenters. The number of amides is 1. The largest absolute Gasteiger partial charge is 0.385 e. The maximum atomic E-state index is 12.5.